The summed E-state index contributed by atoms with van der Waals surface area (Å²) in [7, 11) is 1.97. The highest BCUT2D eigenvalue weighted by atomic mass is 16.5. The van der Waals surface area contributed by atoms with E-state index in [1.54, 1.807) is 4.52 Å². The first-order valence-corrected chi connectivity index (χ1v) is 7.21. The lowest BCUT2D eigenvalue weighted by molar-refractivity contribution is 0.390. The molecule has 3 rings (SSSR count). The zero-order valence-corrected chi connectivity index (χ0v) is 13.5. The number of anilines is 1. The third-order valence-electron chi connectivity index (χ3n) is 3.39. The second-order valence-corrected chi connectivity index (χ2v) is 6.52. The van der Waals surface area contributed by atoms with Gasteiger partial charge in [0.25, 0.3) is 0 Å². The van der Waals surface area contributed by atoms with Crippen molar-refractivity contribution in [3.05, 3.63) is 35.5 Å². The number of hydrogen-bond acceptors (Lipinski definition) is 6. The van der Waals surface area contributed by atoms with E-state index in [1.807, 2.05) is 37.1 Å². The lowest BCUT2D eigenvalue weighted by Gasteiger charge is -2.18. The molecule has 0 unspecified atom stereocenters. The van der Waals surface area contributed by atoms with Crippen LogP contribution in [-0.2, 0) is 12.0 Å². The van der Waals surface area contributed by atoms with Crippen LogP contribution in [0.25, 0.3) is 5.65 Å². The van der Waals surface area contributed by atoms with Gasteiger partial charge >= 0.3 is 0 Å². The Labute approximate surface area is 128 Å². The Morgan fingerprint density at radius 3 is 2.64 bits per heavy atom. The zero-order valence-electron chi connectivity index (χ0n) is 13.5. The third kappa shape index (κ3) is 2.66. The molecule has 22 heavy (non-hydrogen) atoms. The van der Waals surface area contributed by atoms with Crippen LogP contribution in [0.5, 0.6) is 0 Å². The molecule has 0 saturated carbocycles. The van der Waals surface area contributed by atoms with Crippen LogP contribution in [0.4, 0.5) is 5.82 Å². The summed E-state index contributed by atoms with van der Waals surface area (Å²) in [5.41, 5.74) is 1.51. The van der Waals surface area contributed by atoms with Crippen molar-refractivity contribution in [1.82, 2.24) is 25.0 Å². The van der Waals surface area contributed by atoms with Crippen molar-refractivity contribution in [2.45, 2.75) is 39.7 Å². The molecular weight excluding hydrogens is 280 g/mol. The minimum absolute atomic E-state index is 0.118. The Bertz CT molecular complexity index is 798. The summed E-state index contributed by atoms with van der Waals surface area (Å²) < 4.78 is 6.91. The van der Waals surface area contributed by atoms with Crippen LogP contribution in [0.3, 0.4) is 0 Å². The van der Waals surface area contributed by atoms with Crippen LogP contribution in [-0.4, -0.2) is 32.0 Å². The van der Waals surface area contributed by atoms with Gasteiger partial charge in [-0.25, -0.2) is 0 Å². The molecule has 0 aliphatic heterocycles. The van der Waals surface area contributed by atoms with Crippen molar-refractivity contribution in [2.75, 3.05) is 11.9 Å². The van der Waals surface area contributed by atoms with E-state index >= 15 is 0 Å². The van der Waals surface area contributed by atoms with Gasteiger partial charge in [-0.05, 0) is 19.1 Å². The summed E-state index contributed by atoms with van der Waals surface area (Å²) in [6.45, 7) is 8.80. The lowest BCUT2D eigenvalue weighted by atomic mass is 9.96. The summed E-state index contributed by atoms with van der Waals surface area (Å²) in [5, 5.41) is 17.1. The van der Waals surface area contributed by atoms with E-state index in [-0.39, 0.29) is 5.41 Å². The van der Waals surface area contributed by atoms with E-state index in [0.717, 1.165) is 28.7 Å². The summed E-state index contributed by atoms with van der Waals surface area (Å²) in [5.74, 6) is 2.48. The van der Waals surface area contributed by atoms with Crippen molar-refractivity contribution >= 4 is 11.5 Å². The van der Waals surface area contributed by atoms with Gasteiger partial charge in [-0.15, -0.1) is 15.3 Å². The highest BCUT2D eigenvalue weighted by molar-refractivity contribution is 5.46. The average molecular weight is 300 g/mol. The third-order valence-corrected chi connectivity index (χ3v) is 3.39. The van der Waals surface area contributed by atoms with Crippen LogP contribution in [0.2, 0.25) is 0 Å². The van der Waals surface area contributed by atoms with Crippen molar-refractivity contribution in [2.24, 2.45) is 0 Å². The number of hydrogen-bond donors (Lipinski definition) is 0. The van der Waals surface area contributed by atoms with E-state index in [1.165, 1.54) is 0 Å². The van der Waals surface area contributed by atoms with Gasteiger partial charge in [0, 0.05) is 18.5 Å². The first-order chi connectivity index (χ1) is 10.3. The van der Waals surface area contributed by atoms with E-state index in [9.17, 15) is 0 Å². The molecular formula is C15H20N6O. The van der Waals surface area contributed by atoms with Gasteiger partial charge in [0.1, 0.15) is 17.3 Å². The van der Waals surface area contributed by atoms with Crippen LogP contribution in [0.1, 0.15) is 38.0 Å². The minimum Gasteiger partial charge on any atom is -0.361 e. The van der Waals surface area contributed by atoms with Gasteiger partial charge in [-0.3, -0.25) is 0 Å². The van der Waals surface area contributed by atoms with Crippen molar-refractivity contribution in [3.63, 3.8) is 0 Å². The van der Waals surface area contributed by atoms with Crippen LogP contribution in [0, 0.1) is 6.92 Å². The van der Waals surface area contributed by atoms with E-state index < -0.39 is 0 Å². The molecule has 0 atom stereocenters. The molecule has 0 amide bonds. The van der Waals surface area contributed by atoms with Crippen LogP contribution < -0.4 is 4.90 Å². The lowest BCUT2D eigenvalue weighted by Crippen LogP contribution is -2.21. The molecule has 0 radical (unpaired) electrons. The number of aryl methyl sites for hydroxylation is 1. The molecule has 0 N–H and O–H groups in total. The first-order valence-electron chi connectivity index (χ1n) is 7.21. The van der Waals surface area contributed by atoms with Gasteiger partial charge in [-0.1, -0.05) is 25.9 Å². The second kappa shape index (κ2) is 5.08. The maximum atomic E-state index is 5.10. The van der Waals surface area contributed by atoms with Crippen molar-refractivity contribution < 1.29 is 4.52 Å². The first kappa shape index (κ1) is 14.5. The predicted octanol–water partition coefficient (Wildman–Crippen LogP) is 2.35. The molecule has 0 bridgehead atoms. The Kier molecular flexibility index (Phi) is 3.35. The molecule has 0 aromatic carbocycles. The number of fused-ring (bicyclic) bond motifs is 1. The molecule has 7 nitrogen and oxygen atoms in total. The molecule has 7 heteroatoms. The number of nitrogens with zero attached hydrogens (tertiary/aromatic N) is 6. The van der Waals surface area contributed by atoms with Crippen LogP contribution in [0.15, 0.2) is 22.7 Å². The maximum absolute atomic E-state index is 5.10. The molecule has 3 heterocycles. The fourth-order valence-electron chi connectivity index (χ4n) is 2.27. The van der Waals surface area contributed by atoms with E-state index in [2.05, 4.69) is 41.2 Å². The quantitative estimate of drug-likeness (QED) is 0.739. The summed E-state index contributed by atoms with van der Waals surface area (Å²) in [4.78, 5) is 2.02. The monoisotopic (exact) mass is 300 g/mol. The fraction of sp³-hybridized carbons (Fsp3) is 0.467. The molecule has 0 aliphatic rings. The Hall–Kier alpha value is -2.44. The zero-order chi connectivity index (χ0) is 15.9. The van der Waals surface area contributed by atoms with Gasteiger partial charge in [0.2, 0.25) is 0 Å². The summed E-state index contributed by atoms with van der Waals surface area (Å²) in [6, 6.07) is 5.78. The van der Waals surface area contributed by atoms with Crippen LogP contribution >= 0.6 is 0 Å². The van der Waals surface area contributed by atoms with Gasteiger partial charge in [-0.2, -0.15) is 4.52 Å². The Balaban J connectivity index is 1.93. The molecule has 0 fully saturated rings. The topological polar surface area (TPSA) is 72.4 Å². The minimum atomic E-state index is -0.118. The highest BCUT2D eigenvalue weighted by Gasteiger charge is 2.22. The van der Waals surface area contributed by atoms with E-state index in [4.69, 9.17) is 4.52 Å². The smallest absolute Gasteiger partial charge is 0.178 e. The van der Waals surface area contributed by atoms with Gasteiger partial charge in [0.15, 0.2) is 11.5 Å². The Morgan fingerprint density at radius 1 is 1.23 bits per heavy atom. The fourth-order valence-corrected chi connectivity index (χ4v) is 2.27. The molecule has 3 aromatic heterocycles. The maximum Gasteiger partial charge on any atom is 0.178 e. The van der Waals surface area contributed by atoms with Crippen molar-refractivity contribution in [3.8, 4) is 0 Å². The molecule has 3 aromatic rings. The highest BCUT2D eigenvalue weighted by Crippen LogP contribution is 2.21. The molecule has 0 saturated heterocycles. The summed E-state index contributed by atoms with van der Waals surface area (Å²) in [6.07, 6.45) is 0. The largest absolute Gasteiger partial charge is 0.361 e. The molecule has 116 valence electrons. The predicted molar refractivity (Wildman–Crippen MR) is 82.8 cm³/mol. The second-order valence-electron chi connectivity index (χ2n) is 6.52. The standard InChI is InChI=1S/C15H20N6O/c1-10-8-11(19-22-10)9-20(5)13-7-6-12-16-17-14(15(2,3)4)21(12)18-13/h6-8H,9H2,1-5H3. The average Bonchev–Trinajstić information content (AvgIpc) is 3.03. The number of aromatic nitrogens is 5. The Morgan fingerprint density at radius 2 is 2.00 bits per heavy atom. The SMILES string of the molecule is Cc1cc(CN(C)c2ccc3nnc(C(C)(C)C)n3n2)no1. The van der Waals surface area contributed by atoms with Crippen molar-refractivity contribution in [1.29, 1.82) is 0 Å². The molecule has 0 aliphatic carbocycles. The van der Waals surface area contributed by atoms with Gasteiger partial charge in [0.05, 0.1) is 6.54 Å². The normalized spacial score (nSPS) is 12.0. The summed E-state index contributed by atoms with van der Waals surface area (Å²) >= 11 is 0. The van der Waals surface area contributed by atoms with E-state index in [0.29, 0.717) is 6.54 Å². The molecule has 0 spiro atoms. The van der Waals surface area contributed by atoms with Gasteiger partial charge < -0.3 is 9.42 Å². The number of rotatable bonds is 3.